The highest BCUT2D eigenvalue weighted by Gasteiger charge is 2.32. The topological polar surface area (TPSA) is 44.5 Å². The van der Waals surface area contributed by atoms with Crippen molar-refractivity contribution >= 4 is 0 Å². The number of nitrogens with two attached hydrogens (primary N) is 1. The molecule has 1 saturated heterocycles. The second-order valence-corrected chi connectivity index (χ2v) is 3.65. The van der Waals surface area contributed by atoms with Crippen LogP contribution < -0.4 is 5.73 Å². The Balaban J connectivity index is 2.43. The van der Waals surface area contributed by atoms with Gasteiger partial charge in [-0.3, -0.25) is 0 Å². The Labute approximate surface area is 74.2 Å². The van der Waals surface area contributed by atoms with Crippen molar-refractivity contribution in [2.45, 2.75) is 37.8 Å². The molecule has 0 amide bonds. The molecule has 0 aromatic carbocycles. The predicted molar refractivity (Wildman–Crippen MR) is 48.1 cm³/mol. The Morgan fingerprint density at radius 2 is 2.42 bits per heavy atom. The van der Waals surface area contributed by atoms with Gasteiger partial charge < -0.3 is 15.2 Å². The van der Waals surface area contributed by atoms with Crippen LogP contribution in [0.15, 0.2) is 0 Å². The Bertz CT molecular complexity index is 136. The fraction of sp³-hybridized carbons (Fsp3) is 1.00. The van der Waals surface area contributed by atoms with E-state index in [1.807, 2.05) is 0 Å². The van der Waals surface area contributed by atoms with Crippen molar-refractivity contribution in [3.05, 3.63) is 0 Å². The first-order chi connectivity index (χ1) is 5.70. The second-order valence-electron chi connectivity index (χ2n) is 3.65. The number of hydrogen-bond acceptors (Lipinski definition) is 3. The highest BCUT2D eigenvalue weighted by atomic mass is 16.5. The third kappa shape index (κ3) is 2.44. The molecule has 0 saturated carbocycles. The van der Waals surface area contributed by atoms with Crippen LogP contribution in [0.5, 0.6) is 0 Å². The Morgan fingerprint density at radius 1 is 1.67 bits per heavy atom. The number of ether oxygens (including phenoxy) is 2. The van der Waals surface area contributed by atoms with E-state index in [0.717, 1.165) is 25.9 Å². The molecule has 0 radical (unpaired) electrons. The van der Waals surface area contributed by atoms with Gasteiger partial charge in [-0.2, -0.15) is 0 Å². The minimum Gasteiger partial charge on any atom is -0.383 e. The van der Waals surface area contributed by atoms with Crippen molar-refractivity contribution in [1.29, 1.82) is 0 Å². The van der Waals surface area contributed by atoms with Crippen molar-refractivity contribution in [1.82, 2.24) is 0 Å². The van der Waals surface area contributed by atoms with Gasteiger partial charge in [0.05, 0.1) is 12.7 Å². The Kier molecular flexibility index (Phi) is 3.50. The Hall–Kier alpha value is -0.120. The summed E-state index contributed by atoms with van der Waals surface area (Å²) >= 11 is 0. The van der Waals surface area contributed by atoms with Crippen molar-refractivity contribution in [2.24, 2.45) is 5.73 Å². The summed E-state index contributed by atoms with van der Waals surface area (Å²) in [5, 5.41) is 0. The maximum absolute atomic E-state index is 6.13. The van der Waals surface area contributed by atoms with Crippen LogP contribution in [-0.4, -0.2) is 32.0 Å². The van der Waals surface area contributed by atoms with Crippen molar-refractivity contribution in [2.75, 3.05) is 20.3 Å². The van der Waals surface area contributed by atoms with Gasteiger partial charge >= 0.3 is 0 Å². The van der Waals surface area contributed by atoms with Gasteiger partial charge in [0.1, 0.15) is 0 Å². The second kappa shape index (κ2) is 4.21. The summed E-state index contributed by atoms with van der Waals surface area (Å²) in [6, 6.07) is 0. The monoisotopic (exact) mass is 173 g/mol. The molecule has 1 fully saturated rings. The summed E-state index contributed by atoms with van der Waals surface area (Å²) in [4.78, 5) is 0. The first-order valence-corrected chi connectivity index (χ1v) is 4.59. The van der Waals surface area contributed by atoms with Crippen LogP contribution in [0, 0.1) is 0 Å². The molecule has 2 unspecified atom stereocenters. The van der Waals surface area contributed by atoms with E-state index in [-0.39, 0.29) is 5.54 Å². The van der Waals surface area contributed by atoms with E-state index >= 15 is 0 Å². The minimum absolute atomic E-state index is 0.145. The molecule has 2 N–H and O–H groups in total. The molecule has 0 aromatic rings. The maximum Gasteiger partial charge on any atom is 0.0644 e. The van der Waals surface area contributed by atoms with Gasteiger partial charge in [0.2, 0.25) is 0 Å². The normalized spacial score (nSPS) is 36.8. The molecule has 0 aliphatic carbocycles. The zero-order chi connectivity index (χ0) is 9.03. The molecular formula is C9H19NO2. The molecule has 1 aliphatic heterocycles. The molecule has 3 nitrogen and oxygen atoms in total. The lowest BCUT2D eigenvalue weighted by atomic mass is 9.88. The molecule has 0 aromatic heterocycles. The summed E-state index contributed by atoms with van der Waals surface area (Å²) < 4.78 is 10.6. The fourth-order valence-corrected chi connectivity index (χ4v) is 1.72. The van der Waals surface area contributed by atoms with E-state index in [0.29, 0.717) is 12.7 Å². The van der Waals surface area contributed by atoms with Gasteiger partial charge in [-0.25, -0.2) is 0 Å². The Morgan fingerprint density at radius 3 is 3.00 bits per heavy atom. The standard InChI is InChI=1S/C9H19NO2/c1-3-8-6-9(10,7-11-2)4-5-12-8/h8H,3-7,10H2,1-2H3. The molecule has 12 heavy (non-hydrogen) atoms. The van der Waals surface area contributed by atoms with Gasteiger partial charge in [-0.1, -0.05) is 6.92 Å². The highest BCUT2D eigenvalue weighted by Crippen LogP contribution is 2.24. The lowest BCUT2D eigenvalue weighted by Crippen LogP contribution is -2.51. The van der Waals surface area contributed by atoms with Gasteiger partial charge in [0.15, 0.2) is 0 Å². The van der Waals surface area contributed by atoms with E-state index in [4.69, 9.17) is 15.2 Å². The lowest BCUT2D eigenvalue weighted by molar-refractivity contribution is -0.0391. The molecule has 0 bridgehead atoms. The first-order valence-electron chi connectivity index (χ1n) is 4.59. The number of methoxy groups -OCH3 is 1. The van der Waals surface area contributed by atoms with Gasteiger partial charge in [-0.05, 0) is 19.3 Å². The van der Waals surface area contributed by atoms with Gasteiger partial charge in [-0.15, -0.1) is 0 Å². The van der Waals surface area contributed by atoms with Crippen LogP contribution in [0.2, 0.25) is 0 Å². The maximum atomic E-state index is 6.13. The third-order valence-electron chi connectivity index (χ3n) is 2.47. The van der Waals surface area contributed by atoms with Crippen LogP contribution in [0.4, 0.5) is 0 Å². The fourth-order valence-electron chi connectivity index (χ4n) is 1.72. The number of hydrogen-bond donors (Lipinski definition) is 1. The molecular weight excluding hydrogens is 154 g/mol. The molecule has 1 heterocycles. The average molecular weight is 173 g/mol. The van der Waals surface area contributed by atoms with Crippen LogP contribution in [0.25, 0.3) is 0 Å². The van der Waals surface area contributed by atoms with Crippen LogP contribution in [-0.2, 0) is 9.47 Å². The zero-order valence-electron chi connectivity index (χ0n) is 8.01. The van der Waals surface area contributed by atoms with Gasteiger partial charge in [0, 0.05) is 19.3 Å². The quantitative estimate of drug-likeness (QED) is 0.690. The molecule has 1 aliphatic rings. The van der Waals surface area contributed by atoms with Crippen molar-refractivity contribution in [3.63, 3.8) is 0 Å². The van der Waals surface area contributed by atoms with Crippen molar-refractivity contribution in [3.8, 4) is 0 Å². The highest BCUT2D eigenvalue weighted by molar-refractivity contribution is 4.89. The van der Waals surface area contributed by atoms with Crippen molar-refractivity contribution < 1.29 is 9.47 Å². The molecule has 0 spiro atoms. The van der Waals surface area contributed by atoms with E-state index in [9.17, 15) is 0 Å². The van der Waals surface area contributed by atoms with E-state index in [1.165, 1.54) is 0 Å². The third-order valence-corrected chi connectivity index (χ3v) is 2.47. The molecule has 72 valence electrons. The first kappa shape index (κ1) is 9.96. The molecule has 1 rings (SSSR count). The van der Waals surface area contributed by atoms with Gasteiger partial charge in [0.25, 0.3) is 0 Å². The summed E-state index contributed by atoms with van der Waals surface area (Å²) in [6.45, 7) is 3.55. The van der Waals surface area contributed by atoms with Crippen LogP contribution >= 0.6 is 0 Å². The number of rotatable bonds is 3. The zero-order valence-corrected chi connectivity index (χ0v) is 8.01. The largest absolute Gasteiger partial charge is 0.383 e. The van der Waals surface area contributed by atoms with E-state index in [1.54, 1.807) is 7.11 Å². The molecule has 2 atom stereocenters. The van der Waals surface area contributed by atoms with E-state index in [2.05, 4.69) is 6.92 Å². The van der Waals surface area contributed by atoms with Crippen LogP contribution in [0.3, 0.4) is 0 Å². The summed E-state index contributed by atoms with van der Waals surface area (Å²) in [7, 11) is 1.70. The average Bonchev–Trinajstić information content (AvgIpc) is 2.04. The smallest absolute Gasteiger partial charge is 0.0644 e. The lowest BCUT2D eigenvalue weighted by Gasteiger charge is -2.37. The minimum atomic E-state index is -0.145. The molecule has 3 heteroatoms. The summed E-state index contributed by atoms with van der Waals surface area (Å²) in [5.41, 5.74) is 5.99. The SMILES string of the molecule is CCC1CC(N)(COC)CCO1. The van der Waals surface area contributed by atoms with Crippen LogP contribution in [0.1, 0.15) is 26.2 Å². The summed E-state index contributed by atoms with van der Waals surface area (Å²) in [5.74, 6) is 0. The van der Waals surface area contributed by atoms with E-state index < -0.39 is 0 Å². The summed E-state index contributed by atoms with van der Waals surface area (Å²) in [6.07, 6.45) is 3.22. The predicted octanol–water partition coefficient (Wildman–Crippen LogP) is 0.919.